The van der Waals surface area contributed by atoms with Crippen LogP contribution in [-0.2, 0) is 9.59 Å². The lowest BCUT2D eigenvalue weighted by Gasteiger charge is -2.34. The molecule has 5 heteroatoms. The molecule has 1 N–H and O–H groups in total. The van der Waals surface area contributed by atoms with E-state index in [1.807, 2.05) is 0 Å². The summed E-state index contributed by atoms with van der Waals surface area (Å²) >= 11 is 0. The van der Waals surface area contributed by atoms with E-state index in [9.17, 15) is 9.59 Å². The monoisotopic (exact) mass is 240 g/mol. The minimum Gasteiger partial charge on any atom is -0.481 e. The molecule has 2 aliphatic heterocycles. The summed E-state index contributed by atoms with van der Waals surface area (Å²) in [5.41, 5.74) is 0. The molecule has 0 aliphatic carbocycles. The molecule has 0 aromatic rings. The van der Waals surface area contributed by atoms with E-state index >= 15 is 0 Å². The number of likely N-dealkylation sites (tertiary alicyclic amines) is 2. The van der Waals surface area contributed by atoms with Crippen molar-refractivity contribution >= 4 is 11.9 Å². The zero-order valence-electron chi connectivity index (χ0n) is 10.3. The maximum Gasteiger partial charge on any atom is 0.308 e. The van der Waals surface area contributed by atoms with Crippen molar-refractivity contribution in [2.24, 2.45) is 5.92 Å². The zero-order chi connectivity index (χ0) is 12.4. The summed E-state index contributed by atoms with van der Waals surface area (Å²) in [4.78, 5) is 26.7. The van der Waals surface area contributed by atoms with E-state index in [1.54, 1.807) is 4.90 Å². The molecule has 0 aromatic carbocycles. The Morgan fingerprint density at radius 3 is 2.82 bits per heavy atom. The fourth-order valence-electron chi connectivity index (χ4n) is 2.76. The van der Waals surface area contributed by atoms with Crippen LogP contribution in [0, 0.1) is 5.92 Å². The van der Waals surface area contributed by atoms with Gasteiger partial charge in [-0.15, -0.1) is 0 Å². The third-order valence-electron chi connectivity index (χ3n) is 3.95. The van der Waals surface area contributed by atoms with Crippen LogP contribution in [-0.4, -0.2) is 59.5 Å². The van der Waals surface area contributed by atoms with Gasteiger partial charge in [0.2, 0.25) is 5.91 Å². The van der Waals surface area contributed by atoms with E-state index in [2.05, 4.69) is 11.9 Å². The highest BCUT2D eigenvalue weighted by atomic mass is 16.4. The normalized spacial score (nSPS) is 30.9. The standard InChI is InChI=1S/C12H20N2O3/c1-13-6-2-3-10(13)8-14-7-9(12(16)17)4-5-11(14)15/h9-10H,2-8H2,1H3,(H,16,17). The number of amides is 1. The molecule has 0 bridgehead atoms. The molecule has 0 radical (unpaired) electrons. The van der Waals surface area contributed by atoms with Crippen molar-refractivity contribution in [2.75, 3.05) is 26.7 Å². The number of nitrogens with zero attached hydrogens (tertiary/aromatic N) is 2. The van der Waals surface area contributed by atoms with Gasteiger partial charge in [0.05, 0.1) is 5.92 Å². The first-order chi connectivity index (χ1) is 8.08. The van der Waals surface area contributed by atoms with E-state index in [-0.39, 0.29) is 11.8 Å². The molecule has 17 heavy (non-hydrogen) atoms. The van der Waals surface area contributed by atoms with Crippen LogP contribution in [0.25, 0.3) is 0 Å². The van der Waals surface area contributed by atoms with Crippen LogP contribution in [0.2, 0.25) is 0 Å². The Morgan fingerprint density at radius 1 is 1.47 bits per heavy atom. The van der Waals surface area contributed by atoms with Crippen LogP contribution in [0.4, 0.5) is 0 Å². The number of rotatable bonds is 3. The molecule has 2 saturated heterocycles. The average Bonchev–Trinajstić information content (AvgIpc) is 2.67. The van der Waals surface area contributed by atoms with Crippen molar-refractivity contribution in [1.82, 2.24) is 9.80 Å². The summed E-state index contributed by atoms with van der Waals surface area (Å²) in [5, 5.41) is 9.01. The van der Waals surface area contributed by atoms with Gasteiger partial charge in [-0.3, -0.25) is 9.59 Å². The minimum atomic E-state index is -0.776. The van der Waals surface area contributed by atoms with Crippen LogP contribution in [0.1, 0.15) is 25.7 Å². The Kier molecular flexibility index (Phi) is 3.66. The molecule has 2 unspecified atom stereocenters. The first-order valence-electron chi connectivity index (χ1n) is 6.28. The molecule has 1 amide bonds. The van der Waals surface area contributed by atoms with Crippen LogP contribution in [0.15, 0.2) is 0 Å². The second kappa shape index (κ2) is 5.04. The molecule has 2 fully saturated rings. The number of carbonyl (C=O) groups excluding carboxylic acids is 1. The van der Waals surface area contributed by atoms with Crippen molar-refractivity contribution in [3.8, 4) is 0 Å². The van der Waals surface area contributed by atoms with E-state index in [0.717, 1.165) is 13.0 Å². The van der Waals surface area contributed by atoms with Gasteiger partial charge >= 0.3 is 5.97 Å². The van der Waals surface area contributed by atoms with Crippen molar-refractivity contribution in [2.45, 2.75) is 31.7 Å². The average molecular weight is 240 g/mol. The molecule has 0 saturated carbocycles. The van der Waals surface area contributed by atoms with Crippen LogP contribution in [0.5, 0.6) is 0 Å². The van der Waals surface area contributed by atoms with Crippen molar-refractivity contribution in [3.63, 3.8) is 0 Å². The van der Waals surface area contributed by atoms with E-state index in [4.69, 9.17) is 5.11 Å². The van der Waals surface area contributed by atoms with Gasteiger partial charge in [0.1, 0.15) is 0 Å². The van der Waals surface area contributed by atoms with Gasteiger partial charge < -0.3 is 14.9 Å². The number of hydrogen-bond donors (Lipinski definition) is 1. The number of hydrogen-bond acceptors (Lipinski definition) is 3. The molecular weight excluding hydrogens is 220 g/mol. The van der Waals surface area contributed by atoms with Gasteiger partial charge in [-0.25, -0.2) is 0 Å². The third-order valence-corrected chi connectivity index (χ3v) is 3.95. The Hall–Kier alpha value is -1.10. The molecule has 0 spiro atoms. The Balaban J connectivity index is 1.93. The summed E-state index contributed by atoms with van der Waals surface area (Å²) in [6.07, 6.45) is 3.15. The number of likely N-dealkylation sites (N-methyl/N-ethyl adjacent to an activating group) is 1. The lowest BCUT2D eigenvalue weighted by molar-refractivity contribution is -0.147. The molecular formula is C12H20N2O3. The van der Waals surface area contributed by atoms with Gasteiger partial charge in [-0.1, -0.05) is 0 Å². The third kappa shape index (κ3) is 2.77. The first kappa shape index (κ1) is 12.4. The van der Waals surface area contributed by atoms with Gasteiger partial charge in [0.15, 0.2) is 0 Å². The predicted octanol–water partition coefficient (Wildman–Crippen LogP) is 0.404. The van der Waals surface area contributed by atoms with E-state index < -0.39 is 5.97 Å². The van der Waals surface area contributed by atoms with Gasteiger partial charge in [0, 0.05) is 25.6 Å². The SMILES string of the molecule is CN1CCCC1CN1CC(C(=O)O)CCC1=O. The molecule has 5 nitrogen and oxygen atoms in total. The fraction of sp³-hybridized carbons (Fsp3) is 0.833. The van der Waals surface area contributed by atoms with Crippen LogP contribution >= 0.6 is 0 Å². The van der Waals surface area contributed by atoms with E-state index in [0.29, 0.717) is 32.0 Å². The Labute approximate surface area is 101 Å². The minimum absolute atomic E-state index is 0.114. The maximum atomic E-state index is 11.8. The quantitative estimate of drug-likeness (QED) is 0.776. The van der Waals surface area contributed by atoms with Crippen molar-refractivity contribution in [3.05, 3.63) is 0 Å². The second-order valence-corrected chi connectivity index (χ2v) is 5.15. The number of carboxylic acid groups (broad SMARTS) is 1. The predicted molar refractivity (Wildman–Crippen MR) is 62.6 cm³/mol. The van der Waals surface area contributed by atoms with Crippen LogP contribution < -0.4 is 0 Å². The first-order valence-corrected chi connectivity index (χ1v) is 6.28. The van der Waals surface area contributed by atoms with Gasteiger partial charge in [0.25, 0.3) is 0 Å². The molecule has 96 valence electrons. The number of piperidine rings is 1. The molecule has 2 atom stereocenters. The topological polar surface area (TPSA) is 60.9 Å². The highest BCUT2D eigenvalue weighted by Crippen LogP contribution is 2.21. The Morgan fingerprint density at radius 2 is 2.24 bits per heavy atom. The molecule has 2 heterocycles. The summed E-state index contributed by atoms with van der Waals surface area (Å²) < 4.78 is 0. The summed E-state index contributed by atoms with van der Waals surface area (Å²) in [7, 11) is 2.07. The highest BCUT2D eigenvalue weighted by molar-refractivity contribution is 5.80. The van der Waals surface area contributed by atoms with Crippen molar-refractivity contribution in [1.29, 1.82) is 0 Å². The number of aliphatic carboxylic acids is 1. The molecule has 2 aliphatic rings. The lowest BCUT2D eigenvalue weighted by atomic mass is 9.97. The Bertz CT molecular complexity index is 319. The summed E-state index contributed by atoms with van der Waals surface area (Å²) in [5.74, 6) is -1.04. The zero-order valence-corrected chi connectivity index (χ0v) is 10.3. The van der Waals surface area contributed by atoms with Gasteiger partial charge in [-0.05, 0) is 32.9 Å². The summed E-state index contributed by atoms with van der Waals surface area (Å²) in [6.45, 7) is 2.16. The summed E-state index contributed by atoms with van der Waals surface area (Å²) in [6, 6.07) is 0.409. The molecule has 2 rings (SSSR count). The van der Waals surface area contributed by atoms with Crippen LogP contribution in [0.3, 0.4) is 0 Å². The fourth-order valence-corrected chi connectivity index (χ4v) is 2.76. The number of carbonyl (C=O) groups is 2. The van der Waals surface area contributed by atoms with Crippen molar-refractivity contribution < 1.29 is 14.7 Å². The maximum absolute atomic E-state index is 11.8. The number of carboxylic acids is 1. The smallest absolute Gasteiger partial charge is 0.308 e. The second-order valence-electron chi connectivity index (χ2n) is 5.15. The largest absolute Gasteiger partial charge is 0.481 e. The van der Waals surface area contributed by atoms with E-state index in [1.165, 1.54) is 6.42 Å². The lowest BCUT2D eigenvalue weighted by Crippen LogP contribution is -2.47. The molecule has 0 aromatic heterocycles. The highest BCUT2D eigenvalue weighted by Gasteiger charge is 2.32. The van der Waals surface area contributed by atoms with Gasteiger partial charge in [-0.2, -0.15) is 0 Å².